The maximum absolute atomic E-state index is 11.9. The molecule has 2 N–H and O–H groups in total. The van der Waals surface area contributed by atoms with Crippen molar-refractivity contribution in [2.45, 2.75) is 13.5 Å². The van der Waals surface area contributed by atoms with E-state index in [1.165, 1.54) is 4.90 Å². The van der Waals surface area contributed by atoms with Crippen LogP contribution >= 0.6 is 23.2 Å². The molecule has 3 aromatic rings. The Balaban J connectivity index is 1.96. The van der Waals surface area contributed by atoms with Gasteiger partial charge >= 0.3 is 0 Å². The number of aryl methyl sites for hydroxylation is 1. The largest absolute Gasteiger partial charge is 0.496 e. The number of aromatic nitrogens is 1. The van der Waals surface area contributed by atoms with Gasteiger partial charge in [0, 0.05) is 34.8 Å². The zero-order valence-electron chi connectivity index (χ0n) is 16.3. The fraction of sp³-hybridized carbons (Fsp3) is 0.238. The van der Waals surface area contributed by atoms with Gasteiger partial charge in [0.1, 0.15) is 23.6 Å². The second-order valence-electron chi connectivity index (χ2n) is 6.42. The van der Waals surface area contributed by atoms with Crippen molar-refractivity contribution < 1.29 is 14.3 Å². The fourth-order valence-electron chi connectivity index (χ4n) is 3.00. The summed E-state index contributed by atoms with van der Waals surface area (Å²) in [6.07, 6.45) is 0. The number of hydrogen-bond donors (Lipinski definition) is 1. The minimum atomic E-state index is -0.262. The Morgan fingerprint density at radius 1 is 1.21 bits per heavy atom. The molecule has 8 heteroatoms. The lowest BCUT2D eigenvalue weighted by Crippen LogP contribution is -2.32. The van der Waals surface area contributed by atoms with E-state index >= 15 is 0 Å². The van der Waals surface area contributed by atoms with Crippen LogP contribution in [0.4, 0.5) is 5.69 Å². The number of carbonyl (C=O) groups is 1. The molecule has 6 nitrogen and oxygen atoms in total. The minimum Gasteiger partial charge on any atom is -0.496 e. The number of pyridine rings is 1. The zero-order chi connectivity index (χ0) is 21.1. The molecule has 0 aliphatic rings. The summed E-state index contributed by atoms with van der Waals surface area (Å²) in [7, 11) is 3.23. The standard InChI is InChI=1S/C21H21Cl2N3O3/c1-12-9-18(28-3)13-5-4-6-17(21(13)25-12)29-11-14-15(22)7-8-16(20(14)23)26(2)19(27)10-24/h4-9H,10-11,24H2,1-3H3. The van der Waals surface area contributed by atoms with Crippen molar-refractivity contribution in [3.05, 3.63) is 57.7 Å². The topological polar surface area (TPSA) is 77.7 Å². The van der Waals surface area contributed by atoms with Crippen LogP contribution < -0.4 is 20.1 Å². The summed E-state index contributed by atoms with van der Waals surface area (Å²) >= 11 is 12.9. The molecule has 0 bridgehead atoms. The number of nitrogens with two attached hydrogens (primary N) is 1. The van der Waals surface area contributed by atoms with Crippen molar-refractivity contribution in [2.75, 3.05) is 25.6 Å². The number of rotatable bonds is 6. The molecular weight excluding hydrogens is 413 g/mol. The second kappa shape index (κ2) is 8.86. The van der Waals surface area contributed by atoms with Gasteiger partial charge in [-0.1, -0.05) is 29.3 Å². The summed E-state index contributed by atoms with van der Waals surface area (Å²) in [4.78, 5) is 17.9. The van der Waals surface area contributed by atoms with Crippen LogP contribution in [0.15, 0.2) is 36.4 Å². The number of benzene rings is 2. The Kier molecular flexibility index (Phi) is 6.47. The van der Waals surface area contributed by atoms with Crippen LogP contribution in [0.25, 0.3) is 10.9 Å². The number of methoxy groups -OCH3 is 1. The van der Waals surface area contributed by atoms with Crippen molar-refractivity contribution in [3.63, 3.8) is 0 Å². The van der Waals surface area contributed by atoms with Crippen molar-refractivity contribution in [1.82, 2.24) is 4.98 Å². The summed E-state index contributed by atoms with van der Waals surface area (Å²) in [6, 6.07) is 10.8. The molecule has 29 heavy (non-hydrogen) atoms. The van der Waals surface area contributed by atoms with E-state index in [4.69, 9.17) is 38.4 Å². The number of ether oxygens (including phenoxy) is 2. The molecule has 0 fully saturated rings. The number of fused-ring (bicyclic) bond motifs is 1. The SMILES string of the molecule is COc1cc(C)nc2c(OCc3c(Cl)ccc(N(C)C(=O)CN)c3Cl)cccc12. The Morgan fingerprint density at radius 2 is 1.97 bits per heavy atom. The highest BCUT2D eigenvalue weighted by Gasteiger charge is 2.18. The average molecular weight is 434 g/mol. The van der Waals surface area contributed by atoms with Gasteiger partial charge in [0.05, 0.1) is 24.4 Å². The van der Waals surface area contributed by atoms with E-state index in [-0.39, 0.29) is 19.1 Å². The van der Waals surface area contributed by atoms with Gasteiger partial charge in [-0.3, -0.25) is 4.79 Å². The number of amides is 1. The number of nitrogens with zero attached hydrogens (tertiary/aromatic N) is 2. The Labute approximate surface area is 179 Å². The van der Waals surface area contributed by atoms with Crippen molar-refractivity contribution in [3.8, 4) is 11.5 Å². The summed E-state index contributed by atoms with van der Waals surface area (Å²) in [5.74, 6) is 1.04. The van der Waals surface area contributed by atoms with Gasteiger partial charge in [-0.05, 0) is 31.2 Å². The number of hydrogen-bond acceptors (Lipinski definition) is 5. The first kappa shape index (κ1) is 21.2. The first-order chi connectivity index (χ1) is 13.9. The third-order valence-electron chi connectivity index (χ3n) is 4.56. The summed E-state index contributed by atoms with van der Waals surface area (Å²) in [6.45, 7) is 1.87. The highest BCUT2D eigenvalue weighted by molar-refractivity contribution is 6.38. The lowest BCUT2D eigenvalue weighted by molar-refractivity contribution is -0.117. The van der Waals surface area contributed by atoms with Gasteiger partial charge in [-0.2, -0.15) is 0 Å². The molecule has 3 rings (SSSR count). The lowest BCUT2D eigenvalue weighted by atomic mass is 10.1. The summed E-state index contributed by atoms with van der Waals surface area (Å²) in [5, 5.41) is 1.62. The maximum atomic E-state index is 11.9. The van der Waals surface area contributed by atoms with Gasteiger partial charge in [0.15, 0.2) is 0 Å². The molecule has 0 aliphatic carbocycles. The van der Waals surface area contributed by atoms with Crippen LogP contribution in [0, 0.1) is 6.92 Å². The third kappa shape index (κ3) is 4.24. The van der Waals surface area contributed by atoms with Crippen LogP contribution in [0.3, 0.4) is 0 Å². The zero-order valence-corrected chi connectivity index (χ0v) is 17.8. The number of halogens is 2. The van der Waals surface area contributed by atoms with Crippen molar-refractivity contribution >= 4 is 45.7 Å². The maximum Gasteiger partial charge on any atom is 0.240 e. The predicted octanol–water partition coefficient (Wildman–Crippen LogP) is 4.36. The van der Waals surface area contributed by atoms with E-state index in [9.17, 15) is 4.79 Å². The molecule has 152 valence electrons. The molecule has 1 amide bonds. The van der Waals surface area contributed by atoms with Crippen LogP contribution in [-0.4, -0.2) is 31.6 Å². The monoisotopic (exact) mass is 433 g/mol. The van der Waals surface area contributed by atoms with Gasteiger partial charge < -0.3 is 20.1 Å². The molecule has 0 radical (unpaired) electrons. The highest BCUT2D eigenvalue weighted by atomic mass is 35.5. The number of para-hydroxylation sites is 1. The van der Waals surface area contributed by atoms with Gasteiger partial charge in [-0.15, -0.1) is 0 Å². The minimum absolute atomic E-state index is 0.104. The second-order valence-corrected chi connectivity index (χ2v) is 7.21. The molecular formula is C21H21Cl2N3O3. The first-order valence-electron chi connectivity index (χ1n) is 8.88. The molecule has 0 saturated heterocycles. The Bertz CT molecular complexity index is 1070. The Hall–Kier alpha value is -2.54. The van der Waals surface area contributed by atoms with Gasteiger partial charge in [0.25, 0.3) is 0 Å². The quantitative estimate of drug-likeness (QED) is 0.624. The number of carbonyl (C=O) groups excluding carboxylic acids is 1. The molecule has 1 aromatic heterocycles. The third-order valence-corrected chi connectivity index (χ3v) is 5.34. The van der Waals surface area contributed by atoms with E-state index in [2.05, 4.69) is 4.98 Å². The number of anilines is 1. The molecule has 0 spiro atoms. The average Bonchev–Trinajstić information content (AvgIpc) is 2.72. The van der Waals surface area contributed by atoms with Crippen LogP contribution in [-0.2, 0) is 11.4 Å². The molecule has 2 aromatic carbocycles. The normalized spacial score (nSPS) is 10.8. The molecule has 1 heterocycles. The van der Waals surface area contributed by atoms with Crippen molar-refractivity contribution in [1.29, 1.82) is 0 Å². The van der Waals surface area contributed by atoms with E-state index < -0.39 is 0 Å². The molecule has 0 saturated carbocycles. The van der Waals surface area contributed by atoms with Crippen LogP contribution in [0.5, 0.6) is 11.5 Å². The summed E-state index contributed by atoms with van der Waals surface area (Å²) in [5.41, 5.74) is 8.02. The predicted molar refractivity (Wildman–Crippen MR) is 116 cm³/mol. The smallest absolute Gasteiger partial charge is 0.240 e. The Morgan fingerprint density at radius 3 is 2.66 bits per heavy atom. The highest BCUT2D eigenvalue weighted by Crippen LogP contribution is 2.36. The van der Waals surface area contributed by atoms with Crippen LogP contribution in [0.2, 0.25) is 10.0 Å². The summed E-state index contributed by atoms with van der Waals surface area (Å²) < 4.78 is 11.5. The van der Waals surface area contributed by atoms with Gasteiger partial charge in [0.2, 0.25) is 5.91 Å². The van der Waals surface area contributed by atoms with E-state index in [1.54, 1.807) is 26.3 Å². The van der Waals surface area contributed by atoms with Crippen molar-refractivity contribution in [2.24, 2.45) is 5.73 Å². The van der Waals surface area contributed by atoms with E-state index in [1.807, 2.05) is 31.2 Å². The molecule has 0 unspecified atom stereocenters. The number of likely N-dealkylation sites (N-methyl/N-ethyl adjacent to an activating group) is 1. The first-order valence-corrected chi connectivity index (χ1v) is 9.63. The van der Waals surface area contributed by atoms with Gasteiger partial charge in [-0.25, -0.2) is 4.98 Å². The van der Waals surface area contributed by atoms with E-state index in [0.717, 1.165) is 16.8 Å². The fourth-order valence-corrected chi connectivity index (χ4v) is 3.60. The van der Waals surface area contributed by atoms with E-state index in [0.29, 0.717) is 32.6 Å². The molecule has 0 aliphatic heterocycles. The lowest BCUT2D eigenvalue weighted by Gasteiger charge is -2.20. The van der Waals surface area contributed by atoms with Crippen LogP contribution in [0.1, 0.15) is 11.3 Å². The molecule has 0 atom stereocenters.